The monoisotopic (exact) mass is 357 g/mol. The van der Waals surface area contributed by atoms with Crippen LogP contribution in [0, 0.1) is 0 Å². The van der Waals surface area contributed by atoms with Gasteiger partial charge in [-0.3, -0.25) is 9.59 Å². The summed E-state index contributed by atoms with van der Waals surface area (Å²) >= 11 is 1.89. The van der Waals surface area contributed by atoms with Gasteiger partial charge < -0.3 is 20.9 Å². The predicted molar refractivity (Wildman–Crippen MR) is 94.1 cm³/mol. The first kappa shape index (κ1) is 18.9. The number of amidine groups is 1. The summed E-state index contributed by atoms with van der Waals surface area (Å²) in [6, 6.07) is 0.530. The number of thioether (sulfide) groups is 1. The number of rotatable bonds is 11. The van der Waals surface area contributed by atoms with Crippen LogP contribution in [-0.4, -0.2) is 52.7 Å². The van der Waals surface area contributed by atoms with Crippen molar-refractivity contribution in [3.05, 3.63) is 0 Å². The molecular weight excluding hydrogens is 330 g/mol. The minimum Gasteiger partial charge on any atom is -0.481 e. The smallest absolute Gasteiger partial charge is 0.303 e. The van der Waals surface area contributed by atoms with Crippen molar-refractivity contribution in [3.8, 4) is 0 Å². The van der Waals surface area contributed by atoms with Gasteiger partial charge in [-0.15, -0.1) is 0 Å². The van der Waals surface area contributed by atoms with Crippen LogP contribution in [0.2, 0.25) is 0 Å². The SMILES string of the molecule is NC1=NC2CSC(CCCCC(=O)NCCCCCC(=O)O)[C@H]2O1. The summed E-state index contributed by atoms with van der Waals surface area (Å²) in [5, 5.41) is 11.8. The molecule has 0 radical (unpaired) electrons. The number of carbonyl (C=O) groups is 2. The third kappa shape index (κ3) is 6.22. The minimum atomic E-state index is -0.761. The second kappa shape index (κ2) is 9.76. The summed E-state index contributed by atoms with van der Waals surface area (Å²) < 4.78 is 5.57. The molecule has 1 saturated heterocycles. The van der Waals surface area contributed by atoms with Gasteiger partial charge in [-0.2, -0.15) is 11.8 Å². The van der Waals surface area contributed by atoms with E-state index in [1.807, 2.05) is 11.8 Å². The maximum Gasteiger partial charge on any atom is 0.303 e. The van der Waals surface area contributed by atoms with E-state index in [4.69, 9.17) is 15.6 Å². The number of nitrogens with one attached hydrogen (secondary N) is 1. The van der Waals surface area contributed by atoms with Crippen LogP contribution in [0.5, 0.6) is 0 Å². The molecule has 2 unspecified atom stereocenters. The lowest BCUT2D eigenvalue weighted by atomic mass is 10.0. The molecule has 2 aliphatic rings. The number of amides is 1. The highest BCUT2D eigenvalue weighted by molar-refractivity contribution is 8.00. The van der Waals surface area contributed by atoms with Crippen LogP contribution in [0.1, 0.15) is 51.4 Å². The maximum absolute atomic E-state index is 11.7. The molecule has 0 bridgehead atoms. The fraction of sp³-hybridized carbons (Fsp3) is 0.812. The molecule has 4 N–H and O–H groups in total. The van der Waals surface area contributed by atoms with Gasteiger partial charge in [-0.05, 0) is 25.7 Å². The van der Waals surface area contributed by atoms with Gasteiger partial charge in [-0.25, -0.2) is 4.99 Å². The average Bonchev–Trinajstić information content (AvgIpc) is 3.06. The Kier molecular flexibility index (Phi) is 7.68. The number of aliphatic imine (C=N–C) groups is 1. The van der Waals surface area contributed by atoms with Crippen molar-refractivity contribution in [1.82, 2.24) is 5.32 Å². The second-order valence-electron chi connectivity index (χ2n) is 6.29. The molecular formula is C16H27N3O4S. The van der Waals surface area contributed by atoms with Crippen molar-refractivity contribution < 1.29 is 19.4 Å². The fourth-order valence-corrected chi connectivity index (χ4v) is 4.50. The highest BCUT2D eigenvalue weighted by Gasteiger charge is 2.42. The summed E-state index contributed by atoms with van der Waals surface area (Å²) in [6.45, 7) is 0.630. The molecule has 0 aromatic rings. The van der Waals surface area contributed by atoms with Gasteiger partial charge in [0.05, 0.1) is 0 Å². The fourth-order valence-electron chi connectivity index (χ4n) is 3.03. The highest BCUT2D eigenvalue weighted by Crippen LogP contribution is 2.37. The molecule has 8 heteroatoms. The Balaban J connectivity index is 1.45. The Morgan fingerprint density at radius 3 is 2.83 bits per heavy atom. The summed E-state index contributed by atoms with van der Waals surface area (Å²) in [7, 11) is 0. The van der Waals surface area contributed by atoms with E-state index in [0.29, 0.717) is 30.7 Å². The molecule has 2 aliphatic heterocycles. The average molecular weight is 357 g/mol. The van der Waals surface area contributed by atoms with Crippen LogP contribution >= 0.6 is 11.8 Å². The molecule has 0 aliphatic carbocycles. The van der Waals surface area contributed by atoms with Gasteiger partial charge in [0.25, 0.3) is 6.02 Å². The van der Waals surface area contributed by atoms with Crippen LogP contribution in [0.25, 0.3) is 0 Å². The number of fused-ring (bicyclic) bond motifs is 1. The third-order valence-electron chi connectivity index (χ3n) is 4.31. The lowest BCUT2D eigenvalue weighted by molar-refractivity contribution is -0.137. The molecule has 0 saturated carbocycles. The first-order chi connectivity index (χ1) is 11.6. The number of hydrogen-bond acceptors (Lipinski definition) is 6. The number of carbonyl (C=O) groups excluding carboxylic acids is 1. The van der Waals surface area contributed by atoms with Crippen molar-refractivity contribution in [2.24, 2.45) is 10.7 Å². The number of hydrogen-bond donors (Lipinski definition) is 3. The molecule has 3 atom stereocenters. The lowest BCUT2D eigenvalue weighted by Crippen LogP contribution is -2.29. The first-order valence-corrected chi connectivity index (χ1v) is 9.71. The maximum atomic E-state index is 11.7. The third-order valence-corrected chi connectivity index (χ3v) is 5.77. The van der Waals surface area contributed by atoms with Crippen molar-refractivity contribution >= 4 is 29.7 Å². The van der Waals surface area contributed by atoms with E-state index in [0.717, 1.165) is 37.9 Å². The summed E-state index contributed by atoms with van der Waals surface area (Å²) in [6.07, 6.45) is 6.09. The van der Waals surface area contributed by atoms with E-state index in [1.165, 1.54) is 0 Å². The molecule has 0 aromatic carbocycles. The molecule has 0 aromatic heterocycles. The van der Waals surface area contributed by atoms with Gasteiger partial charge >= 0.3 is 5.97 Å². The predicted octanol–water partition coefficient (Wildman–Crippen LogP) is 1.51. The van der Waals surface area contributed by atoms with Crippen LogP contribution in [0.15, 0.2) is 4.99 Å². The number of aliphatic carboxylic acids is 1. The standard InChI is InChI=1S/C16H27N3O4S/c17-16-19-11-10-24-12(15(11)23-16)6-3-4-7-13(20)18-9-5-1-2-8-14(21)22/h11-12,15H,1-10H2,(H2,17,19)(H,18,20)(H,21,22)/t11?,12?,15-/m0/s1. The zero-order valence-corrected chi connectivity index (χ0v) is 14.7. The zero-order chi connectivity index (χ0) is 17.4. The van der Waals surface area contributed by atoms with Crippen molar-refractivity contribution in [2.75, 3.05) is 12.3 Å². The Labute approximate surface area is 146 Å². The summed E-state index contributed by atoms with van der Waals surface area (Å²) in [5.41, 5.74) is 5.61. The Bertz CT molecular complexity index is 472. The molecule has 136 valence electrons. The number of unbranched alkanes of at least 4 members (excludes halogenated alkanes) is 3. The van der Waals surface area contributed by atoms with E-state index in [-0.39, 0.29) is 24.5 Å². The summed E-state index contributed by atoms with van der Waals surface area (Å²) in [5.74, 6) is 0.288. The van der Waals surface area contributed by atoms with E-state index in [2.05, 4.69) is 10.3 Å². The lowest BCUT2D eigenvalue weighted by Gasteiger charge is -2.16. The zero-order valence-electron chi connectivity index (χ0n) is 13.9. The van der Waals surface area contributed by atoms with Crippen LogP contribution < -0.4 is 11.1 Å². The number of carboxylic acids is 1. The van der Waals surface area contributed by atoms with Gasteiger partial charge in [0.1, 0.15) is 12.1 Å². The largest absolute Gasteiger partial charge is 0.481 e. The molecule has 1 amide bonds. The normalized spacial score (nSPS) is 25.0. The molecule has 24 heavy (non-hydrogen) atoms. The van der Waals surface area contributed by atoms with E-state index >= 15 is 0 Å². The number of nitrogens with zero attached hydrogens (tertiary/aromatic N) is 1. The molecule has 2 heterocycles. The molecule has 2 rings (SSSR count). The van der Waals surface area contributed by atoms with Crippen LogP contribution in [-0.2, 0) is 14.3 Å². The Hall–Kier alpha value is -1.44. The number of ether oxygens (including phenoxy) is 1. The van der Waals surface area contributed by atoms with Crippen molar-refractivity contribution in [2.45, 2.75) is 68.8 Å². The van der Waals surface area contributed by atoms with Crippen molar-refractivity contribution in [3.63, 3.8) is 0 Å². The highest BCUT2D eigenvalue weighted by atomic mass is 32.2. The summed E-state index contributed by atoms with van der Waals surface area (Å²) in [4.78, 5) is 26.4. The molecule has 0 spiro atoms. The molecule has 7 nitrogen and oxygen atoms in total. The van der Waals surface area contributed by atoms with Gasteiger partial charge in [0.2, 0.25) is 5.91 Å². The van der Waals surface area contributed by atoms with Crippen molar-refractivity contribution in [1.29, 1.82) is 0 Å². The Morgan fingerprint density at radius 1 is 1.25 bits per heavy atom. The van der Waals surface area contributed by atoms with E-state index < -0.39 is 5.97 Å². The minimum absolute atomic E-state index is 0.0786. The first-order valence-electron chi connectivity index (χ1n) is 8.66. The second-order valence-corrected chi connectivity index (χ2v) is 7.56. The van der Waals surface area contributed by atoms with Crippen LogP contribution in [0.4, 0.5) is 0 Å². The quantitative estimate of drug-likeness (QED) is 0.483. The van der Waals surface area contributed by atoms with Gasteiger partial charge in [0.15, 0.2) is 0 Å². The number of carboxylic acid groups (broad SMARTS) is 1. The number of nitrogens with two attached hydrogens (primary N) is 1. The molecule has 1 fully saturated rings. The van der Waals surface area contributed by atoms with Crippen LogP contribution in [0.3, 0.4) is 0 Å². The van der Waals surface area contributed by atoms with E-state index in [9.17, 15) is 9.59 Å². The van der Waals surface area contributed by atoms with Gasteiger partial charge in [0, 0.05) is 30.4 Å². The topological polar surface area (TPSA) is 114 Å². The van der Waals surface area contributed by atoms with Gasteiger partial charge in [-0.1, -0.05) is 12.8 Å². The van der Waals surface area contributed by atoms with E-state index in [1.54, 1.807) is 0 Å². The Morgan fingerprint density at radius 2 is 2.04 bits per heavy atom.